The summed E-state index contributed by atoms with van der Waals surface area (Å²) in [6, 6.07) is 6.68. The molecule has 2 unspecified atom stereocenters. The van der Waals surface area contributed by atoms with E-state index in [9.17, 15) is 9.59 Å². The monoisotopic (exact) mass is 276 g/mol. The van der Waals surface area contributed by atoms with Crippen LogP contribution < -0.4 is 10.1 Å². The molecule has 0 saturated carbocycles. The van der Waals surface area contributed by atoms with E-state index in [0.29, 0.717) is 13.0 Å². The Labute approximate surface area is 118 Å². The molecule has 1 N–H and O–H groups in total. The number of nitrogens with one attached hydrogen (secondary N) is 1. The second-order valence-corrected chi connectivity index (χ2v) is 4.96. The fourth-order valence-electron chi connectivity index (χ4n) is 2.35. The Kier molecular flexibility index (Phi) is 4.27. The van der Waals surface area contributed by atoms with Gasteiger partial charge in [-0.05, 0) is 31.0 Å². The van der Waals surface area contributed by atoms with Gasteiger partial charge in [0.1, 0.15) is 17.8 Å². The smallest absolute Gasteiger partial charge is 0.246 e. The van der Waals surface area contributed by atoms with Crippen LogP contribution in [-0.2, 0) is 16.1 Å². The summed E-state index contributed by atoms with van der Waals surface area (Å²) in [5.41, 5.74) is 0.953. The third-order valence-corrected chi connectivity index (χ3v) is 3.64. The van der Waals surface area contributed by atoms with Gasteiger partial charge in [0.2, 0.25) is 11.8 Å². The van der Waals surface area contributed by atoms with Crippen molar-refractivity contribution in [3.63, 3.8) is 0 Å². The van der Waals surface area contributed by atoms with Gasteiger partial charge in [-0.2, -0.15) is 0 Å². The third-order valence-electron chi connectivity index (χ3n) is 3.64. The summed E-state index contributed by atoms with van der Waals surface area (Å²) in [6.07, 6.45) is 0.603. The second kappa shape index (κ2) is 5.94. The number of carbonyl (C=O) groups excluding carboxylic acids is 2. The highest BCUT2D eigenvalue weighted by Crippen LogP contribution is 2.19. The summed E-state index contributed by atoms with van der Waals surface area (Å²) in [5.74, 6) is 0.623. The second-order valence-electron chi connectivity index (χ2n) is 4.96. The zero-order valence-electron chi connectivity index (χ0n) is 12.1. The van der Waals surface area contributed by atoms with Gasteiger partial charge in [0.15, 0.2) is 0 Å². The van der Waals surface area contributed by atoms with Crippen LogP contribution in [-0.4, -0.2) is 35.9 Å². The maximum atomic E-state index is 12.4. The number of piperazine rings is 1. The fraction of sp³-hybridized carbons (Fsp3) is 0.467. The van der Waals surface area contributed by atoms with Gasteiger partial charge < -0.3 is 15.0 Å². The maximum absolute atomic E-state index is 12.4. The molecule has 5 nitrogen and oxygen atoms in total. The van der Waals surface area contributed by atoms with Gasteiger partial charge in [-0.3, -0.25) is 9.59 Å². The van der Waals surface area contributed by atoms with Gasteiger partial charge in [-0.1, -0.05) is 19.1 Å². The number of hydrogen-bond donors (Lipinski definition) is 1. The first-order valence-corrected chi connectivity index (χ1v) is 6.80. The number of hydrogen-bond acceptors (Lipinski definition) is 3. The van der Waals surface area contributed by atoms with E-state index < -0.39 is 12.1 Å². The van der Waals surface area contributed by atoms with Crippen LogP contribution in [0.15, 0.2) is 24.3 Å². The number of carbonyl (C=O) groups is 2. The van der Waals surface area contributed by atoms with Crippen molar-refractivity contribution in [2.45, 2.75) is 38.9 Å². The Hall–Kier alpha value is -2.04. The topological polar surface area (TPSA) is 58.6 Å². The molecule has 5 heteroatoms. The fourth-order valence-corrected chi connectivity index (χ4v) is 2.35. The number of rotatable bonds is 4. The number of benzene rings is 1. The summed E-state index contributed by atoms with van der Waals surface area (Å²) in [4.78, 5) is 25.9. The van der Waals surface area contributed by atoms with Crippen molar-refractivity contribution in [1.82, 2.24) is 10.2 Å². The molecule has 2 rings (SSSR count). The summed E-state index contributed by atoms with van der Waals surface area (Å²) >= 11 is 0. The van der Waals surface area contributed by atoms with Crippen molar-refractivity contribution in [2.24, 2.45) is 0 Å². The molecule has 1 saturated heterocycles. The number of nitrogens with zero attached hydrogens (tertiary/aromatic N) is 1. The minimum atomic E-state index is -0.448. The quantitative estimate of drug-likeness (QED) is 0.902. The zero-order chi connectivity index (χ0) is 14.7. The van der Waals surface area contributed by atoms with Gasteiger partial charge in [-0.15, -0.1) is 0 Å². The van der Waals surface area contributed by atoms with Crippen LogP contribution in [0.2, 0.25) is 0 Å². The van der Waals surface area contributed by atoms with Crippen LogP contribution >= 0.6 is 0 Å². The lowest BCUT2D eigenvalue weighted by Crippen LogP contribution is -2.61. The summed E-state index contributed by atoms with van der Waals surface area (Å²) in [7, 11) is 1.61. The molecular weight excluding hydrogens is 256 g/mol. The molecule has 108 valence electrons. The molecule has 2 atom stereocenters. The van der Waals surface area contributed by atoms with Crippen LogP contribution in [0, 0.1) is 0 Å². The largest absolute Gasteiger partial charge is 0.497 e. The Morgan fingerprint density at radius 2 is 2.10 bits per heavy atom. The molecule has 0 aliphatic carbocycles. The molecule has 1 fully saturated rings. The zero-order valence-corrected chi connectivity index (χ0v) is 12.1. The molecule has 0 spiro atoms. The predicted octanol–water partition coefficient (Wildman–Crippen LogP) is 1.32. The van der Waals surface area contributed by atoms with Gasteiger partial charge in [0.05, 0.1) is 7.11 Å². The minimum absolute atomic E-state index is 0.0255. The lowest BCUT2D eigenvalue weighted by atomic mass is 10.0. The first-order valence-electron chi connectivity index (χ1n) is 6.80. The van der Waals surface area contributed by atoms with Crippen molar-refractivity contribution >= 4 is 11.8 Å². The maximum Gasteiger partial charge on any atom is 0.246 e. The molecule has 2 amide bonds. The first kappa shape index (κ1) is 14.4. The van der Waals surface area contributed by atoms with E-state index in [2.05, 4.69) is 5.32 Å². The molecular formula is C15H20N2O3. The molecule has 1 aliphatic heterocycles. The van der Waals surface area contributed by atoms with Crippen LogP contribution in [0.5, 0.6) is 5.75 Å². The molecule has 1 heterocycles. The molecule has 0 radical (unpaired) electrons. The van der Waals surface area contributed by atoms with Gasteiger partial charge in [0.25, 0.3) is 0 Å². The molecule has 0 bridgehead atoms. The van der Waals surface area contributed by atoms with E-state index in [1.807, 2.05) is 31.2 Å². The average molecular weight is 276 g/mol. The van der Waals surface area contributed by atoms with E-state index >= 15 is 0 Å². The normalized spacial score (nSPS) is 22.6. The summed E-state index contributed by atoms with van der Waals surface area (Å²) in [5, 5.41) is 2.75. The van der Waals surface area contributed by atoms with E-state index in [0.717, 1.165) is 11.3 Å². The van der Waals surface area contributed by atoms with Crippen molar-refractivity contribution in [1.29, 1.82) is 0 Å². The third kappa shape index (κ3) is 2.76. The standard InChI is InChI=1S/C15H20N2O3/c1-4-13-15(19)17(10(2)14(18)16-13)9-11-6-5-7-12(8-11)20-3/h5-8,10,13H,4,9H2,1-3H3,(H,16,18). The van der Waals surface area contributed by atoms with Crippen LogP contribution in [0.1, 0.15) is 25.8 Å². The van der Waals surface area contributed by atoms with Gasteiger partial charge in [-0.25, -0.2) is 0 Å². The Morgan fingerprint density at radius 1 is 1.35 bits per heavy atom. The van der Waals surface area contributed by atoms with Gasteiger partial charge >= 0.3 is 0 Å². The van der Waals surface area contributed by atoms with Crippen molar-refractivity contribution in [2.75, 3.05) is 7.11 Å². The van der Waals surface area contributed by atoms with Crippen molar-refractivity contribution in [3.05, 3.63) is 29.8 Å². The molecule has 0 aromatic heterocycles. The lowest BCUT2D eigenvalue weighted by Gasteiger charge is -2.37. The van der Waals surface area contributed by atoms with Crippen molar-refractivity contribution in [3.8, 4) is 5.75 Å². The number of methoxy groups -OCH3 is 1. The SMILES string of the molecule is CCC1NC(=O)C(C)N(Cc2cccc(OC)c2)C1=O. The molecule has 1 aromatic carbocycles. The molecule has 20 heavy (non-hydrogen) atoms. The highest BCUT2D eigenvalue weighted by molar-refractivity contribution is 5.96. The Bertz CT molecular complexity index is 516. The minimum Gasteiger partial charge on any atom is -0.497 e. The Morgan fingerprint density at radius 3 is 2.75 bits per heavy atom. The van der Waals surface area contributed by atoms with Crippen LogP contribution in [0.3, 0.4) is 0 Å². The number of ether oxygens (including phenoxy) is 1. The van der Waals surface area contributed by atoms with Crippen LogP contribution in [0.25, 0.3) is 0 Å². The Balaban J connectivity index is 2.20. The van der Waals surface area contributed by atoms with Crippen molar-refractivity contribution < 1.29 is 14.3 Å². The van der Waals surface area contributed by atoms with E-state index in [1.165, 1.54) is 0 Å². The molecule has 1 aliphatic rings. The lowest BCUT2D eigenvalue weighted by molar-refractivity contribution is -0.149. The predicted molar refractivity (Wildman–Crippen MR) is 75.2 cm³/mol. The average Bonchev–Trinajstić information content (AvgIpc) is 2.47. The number of amides is 2. The van der Waals surface area contributed by atoms with E-state index in [-0.39, 0.29) is 11.8 Å². The van der Waals surface area contributed by atoms with Gasteiger partial charge in [0, 0.05) is 6.54 Å². The van der Waals surface area contributed by atoms with Crippen LogP contribution in [0.4, 0.5) is 0 Å². The molecule has 1 aromatic rings. The summed E-state index contributed by atoms with van der Waals surface area (Å²) in [6.45, 7) is 4.06. The highest BCUT2D eigenvalue weighted by atomic mass is 16.5. The highest BCUT2D eigenvalue weighted by Gasteiger charge is 2.36. The van der Waals surface area contributed by atoms with E-state index in [4.69, 9.17) is 4.74 Å². The summed E-state index contributed by atoms with van der Waals surface area (Å²) < 4.78 is 5.18. The van der Waals surface area contributed by atoms with E-state index in [1.54, 1.807) is 18.9 Å². The first-order chi connectivity index (χ1) is 9.56.